The van der Waals surface area contributed by atoms with Crippen molar-refractivity contribution < 1.29 is 19.0 Å². The van der Waals surface area contributed by atoms with Gasteiger partial charge in [0.25, 0.3) is 5.91 Å². The number of carbonyl (C=O) groups excluding carboxylic acids is 1. The molecule has 1 unspecified atom stereocenters. The molecule has 0 radical (unpaired) electrons. The SMILES string of the molecule is CC.CC1CCCOC1.CCCCC.CCCNC(=O)c1ccccc1.CCCOCCOC. The molecule has 0 aliphatic carbocycles. The van der Waals surface area contributed by atoms with Gasteiger partial charge in [-0.05, 0) is 43.7 Å². The number of rotatable bonds is 10. The number of hydrogen-bond acceptors (Lipinski definition) is 4. The lowest BCUT2D eigenvalue weighted by Crippen LogP contribution is -2.23. The highest BCUT2D eigenvalue weighted by atomic mass is 16.5. The Morgan fingerprint density at radius 2 is 1.62 bits per heavy atom. The Kier molecular flexibility index (Phi) is 36.8. The molecule has 1 aliphatic heterocycles. The van der Waals surface area contributed by atoms with E-state index in [9.17, 15) is 4.79 Å². The van der Waals surface area contributed by atoms with E-state index in [0.717, 1.165) is 57.3 Å². The standard InChI is InChI=1S/C10H13NO.C6H14O2.C6H12O.C5H12.C2H6/c1-2-8-11-10(12)9-6-4-3-5-7-9;1-3-4-8-6-5-7-2;1-6-3-2-4-7-5-6;1-3-5-4-2;1-2/h3-7H,2,8H2,1H3,(H,11,12);3-6H2,1-2H3;6H,2-5H2,1H3;3-5H2,1-2H3;1-2H3. The van der Waals surface area contributed by atoms with Gasteiger partial charge in [-0.2, -0.15) is 0 Å². The zero-order chi connectivity index (χ0) is 26.3. The molecule has 1 aliphatic rings. The highest BCUT2D eigenvalue weighted by Crippen LogP contribution is 2.10. The fraction of sp³-hybridized carbons (Fsp3) is 0.759. The number of amides is 1. The van der Waals surface area contributed by atoms with Gasteiger partial charge >= 0.3 is 0 Å². The molecule has 5 heteroatoms. The van der Waals surface area contributed by atoms with Gasteiger partial charge in [-0.15, -0.1) is 0 Å². The minimum Gasteiger partial charge on any atom is -0.382 e. The van der Waals surface area contributed by atoms with Gasteiger partial charge in [-0.25, -0.2) is 0 Å². The van der Waals surface area contributed by atoms with Crippen LogP contribution in [-0.2, 0) is 14.2 Å². The lowest BCUT2D eigenvalue weighted by atomic mass is 10.1. The number of unbranched alkanes of at least 4 members (excludes halogenated alkanes) is 2. The van der Waals surface area contributed by atoms with Crippen molar-refractivity contribution in [2.45, 2.75) is 93.4 Å². The van der Waals surface area contributed by atoms with Gasteiger partial charge < -0.3 is 19.5 Å². The summed E-state index contributed by atoms with van der Waals surface area (Å²) in [6.07, 6.45) is 8.76. The topological polar surface area (TPSA) is 56.8 Å². The number of benzene rings is 1. The van der Waals surface area contributed by atoms with Gasteiger partial charge in [0.1, 0.15) is 0 Å². The highest BCUT2D eigenvalue weighted by Gasteiger charge is 2.06. The van der Waals surface area contributed by atoms with Crippen LogP contribution >= 0.6 is 0 Å². The zero-order valence-electron chi connectivity index (χ0n) is 23.8. The second-order valence-corrected chi connectivity index (χ2v) is 7.90. The van der Waals surface area contributed by atoms with Crippen molar-refractivity contribution in [2.75, 3.05) is 46.7 Å². The van der Waals surface area contributed by atoms with E-state index in [2.05, 4.69) is 33.0 Å². The van der Waals surface area contributed by atoms with Gasteiger partial charge in [-0.3, -0.25) is 4.79 Å². The molecule has 1 aromatic rings. The third-order valence-corrected chi connectivity index (χ3v) is 4.45. The summed E-state index contributed by atoms with van der Waals surface area (Å²) >= 11 is 0. The van der Waals surface area contributed by atoms with Crippen LogP contribution < -0.4 is 5.32 Å². The molecule has 202 valence electrons. The predicted molar refractivity (Wildman–Crippen MR) is 148 cm³/mol. The molecule has 1 amide bonds. The van der Waals surface area contributed by atoms with E-state index in [-0.39, 0.29) is 5.91 Å². The first-order valence-electron chi connectivity index (χ1n) is 13.5. The van der Waals surface area contributed by atoms with Crippen molar-refractivity contribution in [3.8, 4) is 0 Å². The fourth-order valence-electron chi connectivity index (χ4n) is 2.57. The summed E-state index contributed by atoms with van der Waals surface area (Å²) in [6.45, 7) is 19.8. The van der Waals surface area contributed by atoms with Gasteiger partial charge in [0.15, 0.2) is 0 Å². The molecule has 1 aromatic carbocycles. The first-order valence-corrected chi connectivity index (χ1v) is 13.5. The molecule has 5 nitrogen and oxygen atoms in total. The van der Waals surface area contributed by atoms with Crippen molar-refractivity contribution >= 4 is 5.91 Å². The van der Waals surface area contributed by atoms with E-state index in [4.69, 9.17) is 14.2 Å². The monoisotopic (exact) mass is 483 g/mol. The van der Waals surface area contributed by atoms with Crippen LogP contribution in [0.2, 0.25) is 0 Å². The van der Waals surface area contributed by atoms with Crippen LogP contribution in [0.4, 0.5) is 0 Å². The first-order chi connectivity index (χ1) is 16.6. The molecular weight excluding hydrogens is 426 g/mol. The molecule has 0 aromatic heterocycles. The maximum Gasteiger partial charge on any atom is 0.251 e. The average Bonchev–Trinajstić information content (AvgIpc) is 2.89. The Balaban J connectivity index is -0.000000385. The number of ether oxygens (including phenoxy) is 3. The maximum atomic E-state index is 11.3. The molecule has 0 saturated carbocycles. The summed E-state index contributed by atoms with van der Waals surface area (Å²) in [5.74, 6) is 0.825. The zero-order valence-corrected chi connectivity index (χ0v) is 23.8. The van der Waals surface area contributed by atoms with Crippen molar-refractivity contribution in [1.29, 1.82) is 0 Å². The lowest BCUT2D eigenvalue weighted by molar-refractivity contribution is 0.0616. The normalized spacial score (nSPS) is 13.8. The molecule has 0 bridgehead atoms. The molecule has 2 rings (SSSR count). The molecule has 34 heavy (non-hydrogen) atoms. The van der Waals surface area contributed by atoms with E-state index in [1.807, 2.05) is 51.1 Å². The second kappa shape index (κ2) is 33.7. The minimum absolute atomic E-state index is 0.0115. The average molecular weight is 484 g/mol. The Hall–Kier alpha value is -1.43. The lowest BCUT2D eigenvalue weighted by Gasteiger charge is -2.16. The smallest absolute Gasteiger partial charge is 0.251 e. The Morgan fingerprint density at radius 1 is 0.971 bits per heavy atom. The fourth-order valence-corrected chi connectivity index (χ4v) is 2.57. The van der Waals surface area contributed by atoms with Gasteiger partial charge in [-0.1, -0.05) is 85.9 Å². The summed E-state index contributed by atoms with van der Waals surface area (Å²) in [5.41, 5.74) is 0.728. The quantitative estimate of drug-likeness (QED) is 0.349. The van der Waals surface area contributed by atoms with Crippen molar-refractivity contribution in [1.82, 2.24) is 5.32 Å². The van der Waals surface area contributed by atoms with Crippen LogP contribution in [0.5, 0.6) is 0 Å². The number of carbonyl (C=O) groups is 1. The third-order valence-electron chi connectivity index (χ3n) is 4.45. The van der Waals surface area contributed by atoms with Crippen LogP contribution in [-0.4, -0.2) is 52.6 Å². The number of methoxy groups -OCH3 is 1. The third kappa shape index (κ3) is 30.6. The molecule has 1 heterocycles. The van der Waals surface area contributed by atoms with E-state index in [0.29, 0.717) is 6.61 Å². The first kappa shape index (κ1) is 37.1. The maximum absolute atomic E-state index is 11.3. The Labute approximate surface area is 212 Å². The van der Waals surface area contributed by atoms with Crippen LogP contribution in [0.1, 0.15) is 104 Å². The minimum atomic E-state index is 0.0115. The van der Waals surface area contributed by atoms with Crippen LogP contribution in [0.3, 0.4) is 0 Å². The summed E-state index contributed by atoms with van der Waals surface area (Å²) in [7, 11) is 1.68. The summed E-state index contributed by atoms with van der Waals surface area (Å²) < 4.78 is 15.0. The van der Waals surface area contributed by atoms with Crippen LogP contribution in [0.25, 0.3) is 0 Å². The Morgan fingerprint density at radius 3 is 2.00 bits per heavy atom. The van der Waals surface area contributed by atoms with E-state index in [1.54, 1.807) is 7.11 Å². The molecular formula is C29H57NO4. The van der Waals surface area contributed by atoms with Gasteiger partial charge in [0.05, 0.1) is 13.2 Å². The van der Waals surface area contributed by atoms with Crippen molar-refractivity contribution in [3.63, 3.8) is 0 Å². The largest absolute Gasteiger partial charge is 0.382 e. The van der Waals surface area contributed by atoms with E-state index >= 15 is 0 Å². The van der Waals surface area contributed by atoms with Gasteiger partial charge in [0.2, 0.25) is 0 Å². The molecule has 0 spiro atoms. The summed E-state index contributed by atoms with van der Waals surface area (Å²) in [6, 6.07) is 9.24. The summed E-state index contributed by atoms with van der Waals surface area (Å²) in [4.78, 5) is 11.3. The number of nitrogens with one attached hydrogen (secondary N) is 1. The van der Waals surface area contributed by atoms with Crippen LogP contribution in [0.15, 0.2) is 30.3 Å². The van der Waals surface area contributed by atoms with E-state index in [1.165, 1.54) is 32.1 Å². The molecule has 1 atom stereocenters. The highest BCUT2D eigenvalue weighted by molar-refractivity contribution is 5.94. The summed E-state index contributed by atoms with van der Waals surface area (Å²) in [5, 5.41) is 2.81. The number of hydrogen-bond donors (Lipinski definition) is 1. The molecule has 1 saturated heterocycles. The second-order valence-electron chi connectivity index (χ2n) is 7.90. The van der Waals surface area contributed by atoms with E-state index < -0.39 is 0 Å². The van der Waals surface area contributed by atoms with Gasteiger partial charge in [0, 0.05) is 39.0 Å². The van der Waals surface area contributed by atoms with Crippen molar-refractivity contribution in [2.24, 2.45) is 5.92 Å². The molecule has 1 fully saturated rings. The van der Waals surface area contributed by atoms with Crippen LogP contribution in [0, 0.1) is 5.92 Å². The Bertz CT molecular complexity index is 468. The van der Waals surface area contributed by atoms with Crippen molar-refractivity contribution in [3.05, 3.63) is 35.9 Å². The molecule has 1 N–H and O–H groups in total. The predicted octanol–water partition coefficient (Wildman–Crippen LogP) is 7.54.